The van der Waals surface area contributed by atoms with E-state index in [0.29, 0.717) is 19.0 Å². The van der Waals surface area contributed by atoms with Crippen LogP contribution in [-0.4, -0.2) is 30.4 Å². The van der Waals surface area contributed by atoms with Crippen LogP contribution in [0.5, 0.6) is 0 Å². The summed E-state index contributed by atoms with van der Waals surface area (Å²) in [7, 11) is 0. The van der Waals surface area contributed by atoms with Crippen molar-refractivity contribution in [3.05, 3.63) is 57.8 Å². The van der Waals surface area contributed by atoms with Crippen LogP contribution in [0.15, 0.2) is 41.8 Å². The van der Waals surface area contributed by atoms with Crippen LogP contribution < -0.4 is 5.32 Å². The highest BCUT2D eigenvalue weighted by Crippen LogP contribution is 2.27. The van der Waals surface area contributed by atoms with Crippen molar-refractivity contribution in [1.29, 1.82) is 0 Å². The summed E-state index contributed by atoms with van der Waals surface area (Å²) in [6.07, 6.45) is 4.96. The second-order valence-corrected chi connectivity index (χ2v) is 7.73. The largest absolute Gasteiger partial charge is 0.354 e. The van der Waals surface area contributed by atoms with Gasteiger partial charge in [0.1, 0.15) is 0 Å². The number of rotatable bonds is 8. The molecule has 1 saturated heterocycles. The molecular weight excluding hydrogens is 328 g/mol. The Morgan fingerprint density at radius 2 is 1.88 bits per heavy atom. The van der Waals surface area contributed by atoms with Gasteiger partial charge in [-0.15, -0.1) is 11.3 Å². The number of likely N-dealkylation sites (tertiary alicyclic amines) is 1. The predicted octanol–water partition coefficient (Wildman–Crippen LogP) is 4.20. The Labute approximate surface area is 155 Å². The molecule has 2 aromatic rings. The summed E-state index contributed by atoms with van der Waals surface area (Å²) in [5.41, 5.74) is 2.58. The Hall–Kier alpha value is -1.65. The average molecular weight is 357 g/mol. The average Bonchev–Trinajstić information content (AvgIpc) is 3.35. The zero-order chi connectivity index (χ0) is 17.5. The molecule has 1 N–H and O–H groups in total. The van der Waals surface area contributed by atoms with Crippen molar-refractivity contribution < 1.29 is 4.79 Å². The van der Waals surface area contributed by atoms with Gasteiger partial charge in [0.15, 0.2) is 0 Å². The Bertz CT molecular complexity index is 645. The maximum Gasteiger partial charge on any atom is 0.220 e. The first-order chi connectivity index (χ1) is 12.3. The van der Waals surface area contributed by atoms with Crippen molar-refractivity contribution in [3.8, 4) is 0 Å². The van der Waals surface area contributed by atoms with Gasteiger partial charge in [-0.3, -0.25) is 9.69 Å². The maximum absolute atomic E-state index is 12.3. The molecule has 4 heteroatoms. The van der Waals surface area contributed by atoms with Crippen molar-refractivity contribution in [3.63, 3.8) is 0 Å². The molecule has 3 nitrogen and oxygen atoms in total. The summed E-state index contributed by atoms with van der Waals surface area (Å²) in [6, 6.07) is 13.2. The van der Waals surface area contributed by atoms with Crippen molar-refractivity contribution in [2.75, 3.05) is 19.6 Å². The van der Waals surface area contributed by atoms with E-state index in [1.54, 1.807) is 11.3 Å². The molecule has 134 valence electrons. The fraction of sp³-hybridized carbons (Fsp3) is 0.476. The van der Waals surface area contributed by atoms with Gasteiger partial charge < -0.3 is 5.32 Å². The molecular formula is C21H28N2OS. The van der Waals surface area contributed by atoms with E-state index >= 15 is 0 Å². The Kier molecular flexibility index (Phi) is 6.65. The summed E-state index contributed by atoms with van der Waals surface area (Å²) >= 11 is 1.79. The molecule has 1 aromatic heterocycles. The number of nitrogens with one attached hydrogen (secondary N) is 1. The van der Waals surface area contributed by atoms with Gasteiger partial charge in [-0.25, -0.2) is 0 Å². The lowest BCUT2D eigenvalue weighted by Gasteiger charge is -2.26. The third-order valence-electron chi connectivity index (χ3n) is 5.02. The minimum Gasteiger partial charge on any atom is -0.354 e. The van der Waals surface area contributed by atoms with Crippen LogP contribution in [0.3, 0.4) is 0 Å². The maximum atomic E-state index is 12.3. The smallest absolute Gasteiger partial charge is 0.220 e. The van der Waals surface area contributed by atoms with E-state index in [-0.39, 0.29) is 5.91 Å². The van der Waals surface area contributed by atoms with Crippen molar-refractivity contribution >= 4 is 17.2 Å². The SMILES string of the molecule is CCc1ccc(CCC(=O)NC[C@@H](c2cccs2)N2CCCC2)cc1. The number of amides is 1. The summed E-state index contributed by atoms with van der Waals surface area (Å²) in [5, 5.41) is 5.29. The fourth-order valence-corrected chi connectivity index (χ4v) is 4.30. The van der Waals surface area contributed by atoms with Gasteiger partial charge in [-0.2, -0.15) is 0 Å². The van der Waals surface area contributed by atoms with Gasteiger partial charge in [-0.1, -0.05) is 37.3 Å². The minimum atomic E-state index is 0.153. The lowest BCUT2D eigenvalue weighted by Crippen LogP contribution is -2.36. The Morgan fingerprint density at radius 1 is 1.16 bits per heavy atom. The van der Waals surface area contributed by atoms with E-state index in [1.165, 1.54) is 28.8 Å². The lowest BCUT2D eigenvalue weighted by atomic mass is 10.1. The Balaban J connectivity index is 1.49. The fourth-order valence-electron chi connectivity index (χ4n) is 3.44. The molecule has 0 spiro atoms. The molecule has 0 radical (unpaired) electrons. The normalized spacial score (nSPS) is 16.0. The number of benzene rings is 1. The van der Waals surface area contributed by atoms with E-state index in [4.69, 9.17) is 0 Å². The first kappa shape index (κ1) is 18.2. The molecule has 1 aliphatic heterocycles. The number of hydrogen-bond donors (Lipinski definition) is 1. The van der Waals surface area contributed by atoms with Crippen LogP contribution in [0.4, 0.5) is 0 Å². The van der Waals surface area contributed by atoms with E-state index in [2.05, 4.69) is 58.9 Å². The van der Waals surface area contributed by atoms with Gasteiger partial charge in [0.25, 0.3) is 0 Å². The molecule has 2 heterocycles. The molecule has 1 aromatic carbocycles. The summed E-state index contributed by atoms with van der Waals surface area (Å²) < 4.78 is 0. The molecule has 1 aliphatic rings. The molecule has 0 unspecified atom stereocenters. The van der Waals surface area contributed by atoms with Crippen LogP contribution in [0.2, 0.25) is 0 Å². The highest BCUT2D eigenvalue weighted by molar-refractivity contribution is 7.10. The van der Waals surface area contributed by atoms with E-state index in [1.807, 2.05) is 0 Å². The van der Waals surface area contributed by atoms with E-state index in [0.717, 1.165) is 25.9 Å². The van der Waals surface area contributed by atoms with Crippen LogP contribution >= 0.6 is 11.3 Å². The zero-order valence-electron chi connectivity index (χ0n) is 15.0. The van der Waals surface area contributed by atoms with Gasteiger partial charge in [-0.05, 0) is 61.3 Å². The summed E-state index contributed by atoms with van der Waals surface area (Å²) in [4.78, 5) is 16.2. The zero-order valence-corrected chi connectivity index (χ0v) is 15.9. The first-order valence-electron chi connectivity index (χ1n) is 9.38. The van der Waals surface area contributed by atoms with Crippen LogP contribution in [0.25, 0.3) is 0 Å². The standard InChI is InChI=1S/C21H28N2OS/c1-2-17-7-9-18(10-8-17)11-12-21(24)22-16-19(20-6-5-15-25-20)23-13-3-4-14-23/h5-10,15,19H,2-4,11-14,16H2,1H3,(H,22,24)/t19-/m0/s1. The third-order valence-corrected chi connectivity index (χ3v) is 5.99. The van der Waals surface area contributed by atoms with Crippen LogP contribution in [0.1, 0.15) is 48.2 Å². The molecule has 3 rings (SSSR count). The highest BCUT2D eigenvalue weighted by atomic mass is 32.1. The minimum absolute atomic E-state index is 0.153. The molecule has 0 bridgehead atoms. The number of aryl methyl sites for hydroxylation is 2. The van der Waals surface area contributed by atoms with Gasteiger partial charge in [0, 0.05) is 17.8 Å². The second kappa shape index (κ2) is 9.16. The molecule has 25 heavy (non-hydrogen) atoms. The van der Waals surface area contributed by atoms with E-state index in [9.17, 15) is 4.79 Å². The second-order valence-electron chi connectivity index (χ2n) is 6.75. The summed E-state index contributed by atoms with van der Waals surface area (Å²) in [5.74, 6) is 0.153. The van der Waals surface area contributed by atoms with Gasteiger partial charge in [0.05, 0.1) is 6.04 Å². The topological polar surface area (TPSA) is 32.3 Å². The quantitative estimate of drug-likeness (QED) is 0.769. The number of nitrogens with zero attached hydrogens (tertiary/aromatic N) is 1. The number of hydrogen-bond acceptors (Lipinski definition) is 3. The predicted molar refractivity (Wildman–Crippen MR) is 105 cm³/mol. The third kappa shape index (κ3) is 5.16. The summed E-state index contributed by atoms with van der Waals surface area (Å²) in [6.45, 7) is 5.16. The molecule has 1 fully saturated rings. The van der Waals surface area contributed by atoms with Crippen molar-refractivity contribution in [2.45, 2.75) is 45.1 Å². The van der Waals surface area contributed by atoms with Crippen LogP contribution in [0, 0.1) is 0 Å². The van der Waals surface area contributed by atoms with Crippen molar-refractivity contribution in [1.82, 2.24) is 10.2 Å². The van der Waals surface area contributed by atoms with Gasteiger partial charge in [0.2, 0.25) is 5.91 Å². The number of carbonyl (C=O) groups excluding carboxylic acids is 1. The lowest BCUT2D eigenvalue weighted by molar-refractivity contribution is -0.121. The number of thiophene rings is 1. The van der Waals surface area contributed by atoms with Gasteiger partial charge >= 0.3 is 0 Å². The molecule has 1 atom stereocenters. The van der Waals surface area contributed by atoms with Crippen LogP contribution in [-0.2, 0) is 17.6 Å². The number of carbonyl (C=O) groups is 1. The Morgan fingerprint density at radius 3 is 2.52 bits per heavy atom. The first-order valence-corrected chi connectivity index (χ1v) is 10.3. The molecule has 0 saturated carbocycles. The molecule has 0 aliphatic carbocycles. The van der Waals surface area contributed by atoms with E-state index < -0.39 is 0 Å². The van der Waals surface area contributed by atoms with Crippen molar-refractivity contribution in [2.24, 2.45) is 0 Å². The monoisotopic (exact) mass is 356 g/mol. The molecule has 1 amide bonds. The highest BCUT2D eigenvalue weighted by Gasteiger charge is 2.24.